The first kappa shape index (κ1) is 12.1. The first-order valence-corrected chi connectivity index (χ1v) is 7.20. The number of nitrogens with one attached hydrogen (secondary N) is 1. The Balaban J connectivity index is 1.60. The van der Waals surface area contributed by atoms with Crippen LogP contribution in [0.15, 0.2) is 18.3 Å². The van der Waals surface area contributed by atoms with Crippen LogP contribution in [-0.4, -0.2) is 35.1 Å². The average Bonchev–Trinajstić information content (AvgIpc) is 3.10. The van der Waals surface area contributed by atoms with Gasteiger partial charge in [-0.05, 0) is 50.8 Å². The summed E-state index contributed by atoms with van der Waals surface area (Å²) in [5.74, 6) is 0. The molecule has 98 valence electrons. The summed E-state index contributed by atoms with van der Waals surface area (Å²) in [5, 5.41) is 3.61. The van der Waals surface area contributed by atoms with Gasteiger partial charge < -0.3 is 5.32 Å². The van der Waals surface area contributed by atoms with Crippen molar-refractivity contribution in [2.24, 2.45) is 0 Å². The number of aromatic nitrogens is 1. The molecule has 1 atom stereocenters. The molecule has 1 N–H and O–H groups in total. The van der Waals surface area contributed by atoms with Crippen molar-refractivity contribution in [2.45, 2.75) is 51.2 Å². The molecule has 18 heavy (non-hydrogen) atoms. The van der Waals surface area contributed by atoms with Crippen LogP contribution in [0.25, 0.3) is 0 Å². The molecule has 2 aliphatic rings. The Bertz CT molecular complexity index is 377. The van der Waals surface area contributed by atoms with Crippen molar-refractivity contribution < 1.29 is 0 Å². The van der Waals surface area contributed by atoms with E-state index in [1.54, 1.807) is 0 Å². The molecule has 1 aliphatic heterocycles. The molecule has 0 aromatic carbocycles. The van der Waals surface area contributed by atoms with Gasteiger partial charge in [0.15, 0.2) is 0 Å². The van der Waals surface area contributed by atoms with Crippen molar-refractivity contribution in [3.63, 3.8) is 0 Å². The highest BCUT2D eigenvalue weighted by atomic mass is 15.2. The first-order chi connectivity index (χ1) is 8.81. The number of aryl methyl sites for hydroxylation is 1. The van der Waals surface area contributed by atoms with E-state index < -0.39 is 0 Å². The molecule has 2 heterocycles. The molecule has 0 bridgehead atoms. The van der Waals surface area contributed by atoms with Gasteiger partial charge in [0.1, 0.15) is 0 Å². The summed E-state index contributed by atoms with van der Waals surface area (Å²) < 4.78 is 0. The molecule has 1 aromatic heterocycles. The third-order valence-electron chi connectivity index (χ3n) is 4.04. The minimum atomic E-state index is 0.712. The van der Waals surface area contributed by atoms with E-state index in [0.29, 0.717) is 6.04 Å². The van der Waals surface area contributed by atoms with Crippen molar-refractivity contribution in [3.8, 4) is 0 Å². The Labute approximate surface area is 110 Å². The molecular formula is C15H23N3. The summed E-state index contributed by atoms with van der Waals surface area (Å²) in [6, 6.07) is 5.88. The Kier molecular flexibility index (Phi) is 3.62. The lowest BCUT2D eigenvalue weighted by Gasteiger charge is -2.25. The van der Waals surface area contributed by atoms with Gasteiger partial charge in [0.2, 0.25) is 0 Å². The molecule has 0 spiro atoms. The van der Waals surface area contributed by atoms with Crippen molar-refractivity contribution >= 4 is 0 Å². The molecule has 3 nitrogen and oxygen atoms in total. The van der Waals surface area contributed by atoms with Crippen LogP contribution in [0, 0.1) is 6.92 Å². The van der Waals surface area contributed by atoms with Gasteiger partial charge in [0.05, 0.1) is 0 Å². The SMILES string of the molecule is Cc1ccc(CN(CC2CCCN2)C2CC2)cn1. The largest absolute Gasteiger partial charge is 0.313 e. The van der Waals surface area contributed by atoms with Gasteiger partial charge >= 0.3 is 0 Å². The van der Waals surface area contributed by atoms with Gasteiger partial charge in [-0.3, -0.25) is 9.88 Å². The normalized spacial score (nSPS) is 23.8. The highest BCUT2D eigenvalue weighted by molar-refractivity contribution is 5.13. The zero-order valence-corrected chi connectivity index (χ0v) is 11.2. The second-order valence-electron chi connectivity index (χ2n) is 5.76. The van der Waals surface area contributed by atoms with Crippen molar-refractivity contribution in [3.05, 3.63) is 29.6 Å². The fourth-order valence-corrected chi connectivity index (χ4v) is 2.80. The molecule has 1 aromatic rings. The van der Waals surface area contributed by atoms with Gasteiger partial charge in [0, 0.05) is 37.1 Å². The smallest absolute Gasteiger partial charge is 0.0372 e. The molecule has 2 fully saturated rings. The fraction of sp³-hybridized carbons (Fsp3) is 0.667. The number of pyridine rings is 1. The predicted octanol–water partition coefficient (Wildman–Crippen LogP) is 2.11. The van der Waals surface area contributed by atoms with E-state index in [0.717, 1.165) is 18.3 Å². The molecule has 1 aliphatic carbocycles. The Hall–Kier alpha value is -0.930. The Morgan fingerprint density at radius 3 is 2.83 bits per heavy atom. The van der Waals surface area contributed by atoms with E-state index in [1.807, 2.05) is 13.1 Å². The van der Waals surface area contributed by atoms with Crippen molar-refractivity contribution in [1.82, 2.24) is 15.2 Å². The maximum absolute atomic E-state index is 4.40. The molecule has 3 rings (SSSR count). The van der Waals surface area contributed by atoms with Crippen LogP contribution in [0.2, 0.25) is 0 Å². The van der Waals surface area contributed by atoms with Gasteiger partial charge in [-0.1, -0.05) is 6.07 Å². The van der Waals surface area contributed by atoms with Crippen LogP contribution < -0.4 is 5.32 Å². The van der Waals surface area contributed by atoms with Crippen LogP contribution in [0.4, 0.5) is 0 Å². The third-order valence-corrected chi connectivity index (χ3v) is 4.04. The standard InChI is InChI=1S/C15H23N3/c1-12-4-5-13(9-17-12)10-18(15-6-7-15)11-14-3-2-8-16-14/h4-5,9,14-16H,2-3,6-8,10-11H2,1H3. The van der Waals surface area contributed by atoms with Crippen LogP contribution in [0.5, 0.6) is 0 Å². The van der Waals surface area contributed by atoms with Crippen LogP contribution in [-0.2, 0) is 6.54 Å². The Morgan fingerprint density at radius 2 is 2.22 bits per heavy atom. The van der Waals surface area contributed by atoms with E-state index >= 15 is 0 Å². The van der Waals surface area contributed by atoms with Crippen LogP contribution >= 0.6 is 0 Å². The molecule has 0 amide bonds. The zero-order chi connectivity index (χ0) is 12.4. The van der Waals surface area contributed by atoms with E-state index in [-0.39, 0.29) is 0 Å². The molecule has 0 radical (unpaired) electrons. The van der Waals surface area contributed by atoms with Crippen molar-refractivity contribution in [1.29, 1.82) is 0 Å². The maximum Gasteiger partial charge on any atom is 0.0372 e. The summed E-state index contributed by atoms with van der Waals surface area (Å²) >= 11 is 0. The summed E-state index contributed by atoms with van der Waals surface area (Å²) in [7, 11) is 0. The third kappa shape index (κ3) is 3.09. The second-order valence-corrected chi connectivity index (χ2v) is 5.76. The summed E-state index contributed by atoms with van der Waals surface area (Å²) in [6.07, 6.45) is 7.48. The monoisotopic (exact) mass is 245 g/mol. The predicted molar refractivity (Wildman–Crippen MR) is 73.4 cm³/mol. The minimum Gasteiger partial charge on any atom is -0.313 e. The minimum absolute atomic E-state index is 0.712. The number of nitrogens with zero attached hydrogens (tertiary/aromatic N) is 2. The van der Waals surface area contributed by atoms with Gasteiger partial charge in [-0.2, -0.15) is 0 Å². The lowest BCUT2D eigenvalue weighted by Crippen LogP contribution is -2.38. The number of hydrogen-bond acceptors (Lipinski definition) is 3. The molecule has 1 saturated carbocycles. The Morgan fingerprint density at radius 1 is 1.33 bits per heavy atom. The van der Waals surface area contributed by atoms with Crippen LogP contribution in [0.3, 0.4) is 0 Å². The van der Waals surface area contributed by atoms with Gasteiger partial charge in [0.25, 0.3) is 0 Å². The average molecular weight is 245 g/mol. The number of hydrogen-bond donors (Lipinski definition) is 1. The zero-order valence-electron chi connectivity index (χ0n) is 11.2. The van der Waals surface area contributed by atoms with E-state index in [9.17, 15) is 0 Å². The first-order valence-electron chi connectivity index (χ1n) is 7.20. The van der Waals surface area contributed by atoms with Crippen molar-refractivity contribution in [2.75, 3.05) is 13.1 Å². The lowest BCUT2D eigenvalue weighted by molar-refractivity contribution is 0.231. The summed E-state index contributed by atoms with van der Waals surface area (Å²) in [4.78, 5) is 7.05. The summed E-state index contributed by atoms with van der Waals surface area (Å²) in [6.45, 7) is 5.52. The van der Waals surface area contributed by atoms with Crippen LogP contribution in [0.1, 0.15) is 36.9 Å². The summed E-state index contributed by atoms with van der Waals surface area (Å²) in [5.41, 5.74) is 2.46. The van der Waals surface area contributed by atoms with E-state index in [1.165, 1.54) is 44.3 Å². The molecule has 1 saturated heterocycles. The lowest BCUT2D eigenvalue weighted by atomic mass is 10.2. The highest BCUT2D eigenvalue weighted by Crippen LogP contribution is 2.29. The van der Waals surface area contributed by atoms with Gasteiger partial charge in [-0.15, -0.1) is 0 Å². The maximum atomic E-state index is 4.40. The molecule has 3 heteroatoms. The van der Waals surface area contributed by atoms with E-state index in [2.05, 4.69) is 27.3 Å². The molecular weight excluding hydrogens is 222 g/mol. The van der Waals surface area contributed by atoms with E-state index in [4.69, 9.17) is 0 Å². The fourth-order valence-electron chi connectivity index (χ4n) is 2.80. The van der Waals surface area contributed by atoms with Gasteiger partial charge in [-0.25, -0.2) is 0 Å². The quantitative estimate of drug-likeness (QED) is 0.861. The topological polar surface area (TPSA) is 28.2 Å². The number of rotatable bonds is 5. The highest BCUT2D eigenvalue weighted by Gasteiger charge is 2.31. The second kappa shape index (κ2) is 5.37. The molecule has 1 unspecified atom stereocenters.